The number of Topliss-reactive ketones (excluding diaryl/α,β-unsaturated/α-hetero) is 1. The Kier molecular flexibility index (Phi) is 5.57. The summed E-state index contributed by atoms with van der Waals surface area (Å²) in [5.74, 6) is -0.369. The SMILES string of the molecule is CCCC[C@H](NC(=O)OC(C)(C)C)C(O)C1C(=O)C1C. The van der Waals surface area contributed by atoms with Gasteiger partial charge >= 0.3 is 6.09 Å². The maximum atomic E-state index is 11.8. The Morgan fingerprint density at radius 3 is 2.40 bits per heavy atom. The Bertz CT molecular complexity index is 361. The van der Waals surface area contributed by atoms with Crippen molar-refractivity contribution in [1.29, 1.82) is 0 Å². The second-order valence-electron chi connectivity index (χ2n) is 6.60. The number of hydrogen-bond donors (Lipinski definition) is 2. The number of aliphatic hydroxyl groups excluding tert-OH is 1. The van der Waals surface area contributed by atoms with Crippen LogP contribution in [-0.4, -0.2) is 34.7 Å². The minimum Gasteiger partial charge on any atom is -0.444 e. The first-order valence-electron chi connectivity index (χ1n) is 7.38. The van der Waals surface area contributed by atoms with Crippen molar-refractivity contribution in [3.05, 3.63) is 0 Å². The van der Waals surface area contributed by atoms with Crippen LogP contribution in [0.4, 0.5) is 4.79 Å². The average Bonchev–Trinajstić information content (AvgIpc) is 2.89. The van der Waals surface area contributed by atoms with Gasteiger partial charge in [-0.25, -0.2) is 4.79 Å². The van der Waals surface area contributed by atoms with Gasteiger partial charge in [0.25, 0.3) is 0 Å². The number of hydrogen-bond acceptors (Lipinski definition) is 4. The third kappa shape index (κ3) is 4.78. The summed E-state index contributed by atoms with van der Waals surface area (Å²) >= 11 is 0. The molecule has 0 radical (unpaired) electrons. The maximum Gasteiger partial charge on any atom is 0.407 e. The molecule has 1 aliphatic carbocycles. The lowest BCUT2D eigenvalue weighted by atomic mass is 10.00. The summed E-state index contributed by atoms with van der Waals surface area (Å²) < 4.78 is 5.21. The van der Waals surface area contributed by atoms with Gasteiger partial charge in [-0.15, -0.1) is 0 Å². The highest BCUT2D eigenvalue weighted by molar-refractivity contribution is 5.99. The van der Waals surface area contributed by atoms with Crippen molar-refractivity contribution in [2.75, 3.05) is 0 Å². The van der Waals surface area contributed by atoms with Crippen LogP contribution in [0.3, 0.4) is 0 Å². The Balaban J connectivity index is 2.60. The second-order valence-corrected chi connectivity index (χ2v) is 6.60. The number of amides is 1. The zero-order valence-corrected chi connectivity index (χ0v) is 13.1. The van der Waals surface area contributed by atoms with E-state index in [9.17, 15) is 14.7 Å². The molecule has 1 fully saturated rings. The molecule has 5 nitrogen and oxygen atoms in total. The van der Waals surface area contributed by atoms with E-state index < -0.39 is 23.8 Å². The molecular weight excluding hydrogens is 258 g/mol. The van der Waals surface area contributed by atoms with Crippen LogP contribution in [0.15, 0.2) is 0 Å². The smallest absolute Gasteiger partial charge is 0.407 e. The lowest BCUT2D eigenvalue weighted by Gasteiger charge is -2.26. The molecule has 5 heteroatoms. The number of aliphatic hydroxyl groups is 1. The average molecular weight is 285 g/mol. The molecular formula is C15H27NO4. The molecule has 0 spiro atoms. The minimum absolute atomic E-state index is 0.0741. The number of alkyl carbamates (subject to hydrolysis) is 1. The van der Waals surface area contributed by atoms with Gasteiger partial charge in [0.1, 0.15) is 11.4 Å². The van der Waals surface area contributed by atoms with Crippen LogP contribution in [0.1, 0.15) is 53.9 Å². The van der Waals surface area contributed by atoms with Crippen molar-refractivity contribution < 1.29 is 19.4 Å². The lowest BCUT2D eigenvalue weighted by molar-refractivity contribution is -0.113. The Morgan fingerprint density at radius 2 is 2.00 bits per heavy atom. The van der Waals surface area contributed by atoms with Crippen LogP contribution in [0.2, 0.25) is 0 Å². The molecule has 2 N–H and O–H groups in total. The fourth-order valence-electron chi connectivity index (χ4n) is 2.31. The normalized spacial score (nSPS) is 25.0. The fourth-order valence-corrected chi connectivity index (χ4v) is 2.31. The molecule has 0 aliphatic heterocycles. The van der Waals surface area contributed by atoms with Crippen molar-refractivity contribution in [2.45, 2.75) is 71.6 Å². The summed E-state index contributed by atoms with van der Waals surface area (Å²) in [4.78, 5) is 23.3. The van der Waals surface area contributed by atoms with E-state index in [2.05, 4.69) is 5.32 Å². The zero-order valence-electron chi connectivity index (χ0n) is 13.1. The van der Waals surface area contributed by atoms with Gasteiger partial charge in [0.2, 0.25) is 0 Å². The standard InChI is InChI=1S/C15H27NO4/c1-6-7-8-10(13(18)11-9(2)12(11)17)16-14(19)20-15(3,4)5/h9-11,13,18H,6-8H2,1-5H3,(H,16,19)/t9?,10-,11?,13?/m0/s1. The quantitative estimate of drug-likeness (QED) is 0.785. The van der Waals surface area contributed by atoms with E-state index in [0.29, 0.717) is 6.42 Å². The summed E-state index contributed by atoms with van der Waals surface area (Å²) in [6, 6.07) is -0.427. The van der Waals surface area contributed by atoms with E-state index >= 15 is 0 Å². The maximum absolute atomic E-state index is 11.8. The molecule has 0 aromatic carbocycles. The van der Waals surface area contributed by atoms with Crippen LogP contribution in [0.25, 0.3) is 0 Å². The van der Waals surface area contributed by atoms with Gasteiger partial charge in [-0.1, -0.05) is 26.7 Å². The predicted octanol–water partition coefficient (Wildman–Crippen LogP) is 2.27. The number of ketones is 1. The van der Waals surface area contributed by atoms with Crippen LogP contribution >= 0.6 is 0 Å². The second kappa shape index (κ2) is 6.57. The number of ether oxygens (including phenoxy) is 1. The third-order valence-electron chi connectivity index (χ3n) is 3.56. The monoisotopic (exact) mass is 285 g/mol. The lowest BCUT2D eigenvalue weighted by Crippen LogP contribution is -2.46. The zero-order chi connectivity index (χ0) is 15.5. The summed E-state index contributed by atoms with van der Waals surface area (Å²) in [7, 11) is 0. The molecule has 0 bridgehead atoms. The van der Waals surface area contributed by atoms with Gasteiger partial charge in [-0.05, 0) is 27.2 Å². The molecule has 1 amide bonds. The van der Waals surface area contributed by atoms with Crippen molar-refractivity contribution in [1.82, 2.24) is 5.32 Å². The number of carbonyl (C=O) groups excluding carboxylic acids is 2. The molecule has 1 saturated carbocycles. The summed E-state index contributed by atoms with van der Waals surface area (Å²) in [5, 5.41) is 13.0. The van der Waals surface area contributed by atoms with E-state index in [1.165, 1.54) is 0 Å². The van der Waals surface area contributed by atoms with E-state index in [0.717, 1.165) is 12.8 Å². The highest BCUT2D eigenvalue weighted by Crippen LogP contribution is 2.37. The number of carbonyl (C=O) groups is 2. The molecule has 3 unspecified atom stereocenters. The van der Waals surface area contributed by atoms with Gasteiger partial charge < -0.3 is 15.2 Å². The van der Waals surface area contributed by atoms with E-state index in [-0.39, 0.29) is 17.6 Å². The molecule has 1 rings (SSSR count). The van der Waals surface area contributed by atoms with Crippen LogP contribution in [0.5, 0.6) is 0 Å². The van der Waals surface area contributed by atoms with E-state index in [1.807, 2.05) is 6.92 Å². The summed E-state index contributed by atoms with van der Waals surface area (Å²) in [6.07, 6.45) is 1.13. The number of rotatable bonds is 6. The first-order valence-corrected chi connectivity index (χ1v) is 7.38. The number of unbranched alkanes of at least 4 members (excludes halogenated alkanes) is 1. The van der Waals surface area contributed by atoms with Gasteiger partial charge in [0, 0.05) is 5.92 Å². The molecule has 0 aromatic heterocycles. The first-order chi connectivity index (χ1) is 9.17. The van der Waals surface area contributed by atoms with Crippen molar-refractivity contribution >= 4 is 11.9 Å². The van der Waals surface area contributed by atoms with E-state index in [4.69, 9.17) is 4.74 Å². The van der Waals surface area contributed by atoms with E-state index in [1.54, 1.807) is 27.7 Å². The molecule has 1 aliphatic rings. The molecule has 116 valence electrons. The molecule has 20 heavy (non-hydrogen) atoms. The van der Waals surface area contributed by atoms with Gasteiger partial charge in [0.05, 0.1) is 18.1 Å². The molecule has 0 aromatic rings. The van der Waals surface area contributed by atoms with Gasteiger partial charge in [0.15, 0.2) is 0 Å². The topological polar surface area (TPSA) is 75.6 Å². The highest BCUT2D eigenvalue weighted by Gasteiger charge is 2.52. The largest absolute Gasteiger partial charge is 0.444 e. The Morgan fingerprint density at radius 1 is 1.45 bits per heavy atom. The number of nitrogens with one attached hydrogen (secondary N) is 1. The Labute approximate surface area is 121 Å². The fraction of sp³-hybridized carbons (Fsp3) is 0.867. The van der Waals surface area contributed by atoms with Crippen LogP contribution in [-0.2, 0) is 9.53 Å². The molecule has 0 saturated heterocycles. The first kappa shape index (κ1) is 17.0. The summed E-state index contributed by atoms with van der Waals surface area (Å²) in [6.45, 7) is 9.21. The van der Waals surface area contributed by atoms with Gasteiger partial charge in [-0.3, -0.25) is 4.79 Å². The van der Waals surface area contributed by atoms with Crippen LogP contribution in [0, 0.1) is 11.8 Å². The predicted molar refractivity (Wildman–Crippen MR) is 76.4 cm³/mol. The van der Waals surface area contributed by atoms with Crippen LogP contribution < -0.4 is 5.32 Å². The molecule has 4 atom stereocenters. The minimum atomic E-state index is -0.823. The molecule has 0 heterocycles. The third-order valence-corrected chi connectivity index (χ3v) is 3.56. The van der Waals surface area contributed by atoms with Gasteiger partial charge in [-0.2, -0.15) is 0 Å². The van der Waals surface area contributed by atoms with Crippen molar-refractivity contribution in [3.8, 4) is 0 Å². The summed E-state index contributed by atoms with van der Waals surface area (Å²) in [5.41, 5.74) is -0.576. The Hall–Kier alpha value is -1.10. The van der Waals surface area contributed by atoms with Crippen molar-refractivity contribution in [2.24, 2.45) is 11.8 Å². The highest BCUT2D eigenvalue weighted by atomic mass is 16.6. The van der Waals surface area contributed by atoms with Crippen molar-refractivity contribution in [3.63, 3.8) is 0 Å².